The Labute approximate surface area is 104 Å². The van der Waals surface area contributed by atoms with Crippen LogP contribution in [-0.4, -0.2) is 16.3 Å². The van der Waals surface area contributed by atoms with Gasteiger partial charge in [0.2, 0.25) is 0 Å². The van der Waals surface area contributed by atoms with Crippen molar-refractivity contribution in [3.05, 3.63) is 33.2 Å². The molecule has 1 heterocycles. The molecule has 4 nitrogen and oxygen atoms in total. The summed E-state index contributed by atoms with van der Waals surface area (Å²) in [5.41, 5.74) is 0.146. The molecule has 0 aliphatic rings. The van der Waals surface area contributed by atoms with Gasteiger partial charge in [-0.25, -0.2) is 4.68 Å². The summed E-state index contributed by atoms with van der Waals surface area (Å²) in [6.45, 7) is 7.58. The van der Waals surface area contributed by atoms with Gasteiger partial charge in [-0.3, -0.25) is 4.79 Å². The fraction of sp³-hybridized carbons (Fsp3) is 0.400. The highest BCUT2D eigenvalue weighted by atomic mass is 35.5. The molecule has 1 aromatic rings. The third kappa shape index (κ3) is 3.00. The van der Waals surface area contributed by atoms with Gasteiger partial charge in [0.25, 0.3) is 5.56 Å². The Kier molecular flexibility index (Phi) is 4.38. The summed E-state index contributed by atoms with van der Waals surface area (Å²) in [5, 5.41) is 7.43. The van der Waals surface area contributed by atoms with Crippen LogP contribution in [0.25, 0.3) is 0 Å². The molecule has 0 fully saturated rings. The first-order valence-electron chi connectivity index (χ1n) is 4.78. The fourth-order valence-corrected chi connectivity index (χ4v) is 1.40. The molecule has 0 spiro atoms. The van der Waals surface area contributed by atoms with Crippen LogP contribution >= 0.6 is 23.2 Å². The van der Waals surface area contributed by atoms with Crippen LogP contribution in [0, 0.1) is 0 Å². The maximum Gasteiger partial charge on any atom is 0.287 e. The minimum atomic E-state index is -0.318. The number of halogens is 2. The number of hydrogen-bond donors (Lipinski definition) is 1. The Bertz CT molecular complexity index is 454. The first-order valence-corrected chi connectivity index (χ1v) is 5.53. The van der Waals surface area contributed by atoms with Gasteiger partial charge in [-0.2, -0.15) is 5.10 Å². The third-order valence-corrected chi connectivity index (χ3v) is 2.40. The molecule has 0 radical (unpaired) electrons. The number of rotatable bonds is 4. The zero-order valence-electron chi connectivity index (χ0n) is 9.13. The highest BCUT2D eigenvalue weighted by molar-refractivity contribution is 6.33. The molecule has 0 aromatic carbocycles. The zero-order valence-corrected chi connectivity index (χ0v) is 10.6. The van der Waals surface area contributed by atoms with Crippen molar-refractivity contribution in [2.24, 2.45) is 0 Å². The molecule has 0 aliphatic carbocycles. The molecule has 0 unspecified atom stereocenters. The predicted molar refractivity (Wildman–Crippen MR) is 67.4 cm³/mol. The Morgan fingerprint density at radius 2 is 2.31 bits per heavy atom. The van der Waals surface area contributed by atoms with Crippen molar-refractivity contribution in [2.75, 3.05) is 11.9 Å². The van der Waals surface area contributed by atoms with Crippen LogP contribution in [0.15, 0.2) is 22.6 Å². The second-order valence-electron chi connectivity index (χ2n) is 3.59. The van der Waals surface area contributed by atoms with Gasteiger partial charge in [0.05, 0.1) is 24.5 Å². The van der Waals surface area contributed by atoms with E-state index in [1.807, 2.05) is 13.8 Å². The van der Waals surface area contributed by atoms with E-state index in [2.05, 4.69) is 17.0 Å². The topological polar surface area (TPSA) is 46.9 Å². The average molecular weight is 262 g/mol. The van der Waals surface area contributed by atoms with Crippen LogP contribution in [0.3, 0.4) is 0 Å². The highest BCUT2D eigenvalue weighted by Crippen LogP contribution is 2.16. The quantitative estimate of drug-likeness (QED) is 0.907. The van der Waals surface area contributed by atoms with Crippen LogP contribution in [0.2, 0.25) is 5.02 Å². The molecule has 0 saturated heterocycles. The molecule has 0 amide bonds. The van der Waals surface area contributed by atoms with Gasteiger partial charge < -0.3 is 5.32 Å². The maximum absolute atomic E-state index is 11.7. The molecule has 1 rings (SSSR count). The number of nitrogens with one attached hydrogen (secondary N) is 1. The van der Waals surface area contributed by atoms with Crippen molar-refractivity contribution in [3.8, 4) is 0 Å². The summed E-state index contributed by atoms with van der Waals surface area (Å²) in [6.07, 6.45) is 1.50. The van der Waals surface area contributed by atoms with Crippen molar-refractivity contribution in [1.82, 2.24) is 9.78 Å². The van der Waals surface area contributed by atoms with Gasteiger partial charge >= 0.3 is 0 Å². The molecule has 0 bridgehead atoms. The van der Waals surface area contributed by atoms with E-state index >= 15 is 0 Å². The molecule has 0 saturated carbocycles. The Morgan fingerprint density at radius 3 is 2.81 bits per heavy atom. The van der Waals surface area contributed by atoms with Crippen LogP contribution in [0.5, 0.6) is 0 Å². The third-order valence-electron chi connectivity index (χ3n) is 1.90. The SMILES string of the molecule is C=C(Cl)CNc1cnn(C(C)C)c(=O)c1Cl. The summed E-state index contributed by atoms with van der Waals surface area (Å²) in [7, 11) is 0. The Hall–Kier alpha value is -1.00. The van der Waals surface area contributed by atoms with Gasteiger partial charge in [0.15, 0.2) is 0 Å². The molecule has 88 valence electrons. The summed E-state index contributed by atoms with van der Waals surface area (Å²) in [5.74, 6) is 0. The highest BCUT2D eigenvalue weighted by Gasteiger charge is 2.10. The molecular weight excluding hydrogens is 249 g/mol. The lowest BCUT2D eigenvalue weighted by Crippen LogP contribution is -2.25. The summed E-state index contributed by atoms with van der Waals surface area (Å²) >= 11 is 11.5. The van der Waals surface area contributed by atoms with E-state index in [1.165, 1.54) is 10.9 Å². The first-order chi connectivity index (χ1) is 7.43. The second kappa shape index (κ2) is 5.37. The van der Waals surface area contributed by atoms with Crippen molar-refractivity contribution in [2.45, 2.75) is 19.9 Å². The van der Waals surface area contributed by atoms with Crippen LogP contribution in [-0.2, 0) is 0 Å². The van der Waals surface area contributed by atoms with Gasteiger partial charge in [-0.05, 0) is 13.8 Å². The molecule has 16 heavy (non-hydrogen) atoms. The normalized spacial score (nSPS) is 10.6. The summed E-state index contributed by atoms with van der Waals surface area (Å²) < 4.78 is 1.32. The van der Waals surface area contributed by atoms with Crippen molar-refractivity contribution < 1.29 is 0 Å². The first kappa shape index (κ1) is 13.1. The monoisotopic (exact) mass is 261 g/mol. The number of hydrogen-bond acceptors (Lipinski definition) is 3. The van der Waals surface area contributed by atoms with Gasteiger partial charge in [-0.15, -0.1) is 0 Å². The standard InChI is InChI=1S/C10H13Cl2N3O/c1-6(2)15-10(16)9(12)8(5-14-15)13-4-7(3)11/h5-6,13H,3-4H2,1-2H3. The van der Waals surface area contributed by atoms with E-state index in [9.17, 15) is 4.79 Å². The lowest BCUT2D eigenvalue weighted by Gasteiger charge is -2.11. The van der Waals surface area contributed by atoms with Crippen molar-refractivity contribution in [1.29, 1.82) is 0 Å². The summed E-state index contributed by atoms with van der Waals surface area (Å²) in [6, 6.07) is -0.0259. The molecular formula is C10H13Cl2N3O. The average Bonchev–Trinajstić information content (AvgIpc) is 2.19. The maximum atomic E-state index is 11.7. The lowest BCUT2D eigenvalue weighted by molar-refractivity contribution is 0.503. The lowest BCUT2D eigenvalue weighted by atomic mass is 10.4. The van der Waals surface area contributed by atoms with E-state index in [0.29, 0.717) is 17.3 Å². The van der Waals surface area contributed by atoms with Crippen molar-refractivity contribution >= 4 is 28.9 Å². The van der Waals surface area contributed by atoms with E-state index in [1.54, 1.807) is 0 Å². The molecule has 0 atom stereocenters. The van der Waals surface area contributed by atoms with Crippen LogP contribution in [0.1, 0.15) is 19.9 Å². The smallest absolute Gasteiger partial charge is 0.287 e. The minimum absolute atomic E-state index is 0.0259. The fourth-order valence-electron chi connectivity index (χ4n) is 1.13. The number of anilines is 1. The minimum Gasteiger partial charge on any atom is -0.377 e. The molecule has 6 heteroatoms. The van der Waals surface area contributed by atoms with Crippen LogP contribution in [0.4, 0.5) is 5.69 Å². The largest absolute Gasteiger partial charge is 0.377 e. The van der Waals surface area contributed by atoms with E-state index in [0.717, 1.165) is 0 Å². The number of aromatic nitrogens is 2. The zero-order chi connectivity index (χ0) is 12.3. The molecule has 0 aliphatic heterocycles. The predicted octanol–water partition coefficient (Wildman–Crippen LogP) is 2.64. The summed E-state index contributed by atoms with van der Waals surface area (Å²) in [4.78, 5) is 11.7. The van der Waals surface area contributed by atoms with Gasteiger partial charge in [-0.1, -0.05) is 29.8 Å². The molecule has 1 N–H and O–H groups in total. The Morgan fingerprint density at radius 1 is 1.69 bits per heavy atom. The van der Waals surface area contributed by atoms with Crippen molar-refractivity contribution in [3.63, 3.8) is 0 Å². The van der Waals surface area contributed by atoms with E-state index < -0.39 is 0 Å². The van der Waals surface area contributed by atoms with Crippen LogP contribution < -0.4 is 10.9 Å². The van der Waals surface area contributed by atoms with E-state index in [4.69, 9.17) is 23.2 Å². The van der Waals surface area contributed by atoms with E-state index in [-0.39, 0.29) is 16.6 Å². The van der Waals surface area contributed by atoms with Gasteiger partial charge in [0.1, 0.15) is 5.02 Å². The second-order valence-corrected chi connectivity index (χ2v) is 4.50. The van der Waals surface area contributed by atoms with Gasteiger partial charge in [0, 0.05) is 5.03 Å². The Balaban J connectivity index is 3.03. The number of nitrogens with zero attached hydrogens (tertiary/aromatic N) is 2. The molecule has 1 aromatic heterocycles.